The van der Waals surface area contributed by atoms with Crippen LogP contribution in [0.1, 0.15) is 25.0 Å². The topological polar surface area (TPSA) is 66.3 Å². The van der Waals surface area contributed by atoms with Crippen molar-refractivity contribution in [1.82, 2.24) is 10.2 Å². The zero-order valence-electron chi connectivity index (χ0n) is 19.0. The third-order valence-corrected chi connectivity index (χ3v) is 6.57. The SMILES string of the molecule is CCNC(=NCC(O)c1cc(OC)cc(OC)c1)N1CCC(CSc2ccccc2)C1.I. The number of rotatable bonds is 9. The molecule has 1 saturated heterocycles. The first kappa shape index (κ1) is 26.6. The van der Waals surface area contributed by atoms with Crippen molar-refractivity contribution in [2.45, 2.75) is 24.3 Å². The van der Waals surface area contributed by atoms with Crippen LogP contribution in [0.3, 0.4) is 0 Å². The summed E-state index contributed by atoms with van der Waals surface area (Å²) in [5, 5.41) is 14.1. The summed E-state index contributed by atoms with van der Waals surface area (Å²) in [5.74, 6) is 3.90. The number of hydrogen-bond acceptors (Lipinski definition) is 5. The van der Waals surface area contributed by atoms with Gasteiger partial charge in [-0.05, 0) is 49.1 Å². The van der Waals surface area contributed by atoms with Gasteiger partial charge < -0.3 is 24.8 Å². The average Bonchev–Trinajstić information content (AvgIpc) is 3.29. The number of methoxy groups -OCH3 is 2. The number of guanidine groups is 1. The Labute approximate surface area is 212 Å². The molecule has 2 N–H and O–H groups in total. The first-order valence-corrected chi connectivity index (χ1v) is 11.7. The maximum absolute atomic E-state index is 10.7. The van der Waals surface area contributed by atoms with Crippen LogP contribution in [0.25, 0.3) is 0 Å². The van der Waals surface area contributed by atoms with E-state index in [4.69, 9.17) is 14.5 Å². The molecule has 0 aliphatic carbocycles. The van der Waals surface area contributed by atoms with E-state index in [9.17, 15) is 5.11 Å². The zero-order valence-corrected chi connectivity index (χ0v) is 22.1. The second-order valence-corrected chi connectivity index (χ2v) is 8.67. The van der Waals surface area contributed by atoms with E-state index in [0.29, 0.717) is 17.4 Å². The number of likely N-dealkylation sites (tertiary alicyclic amines) is 1. The van der Waals surface area contributed by atoms with Crippen LogP contribution in [0.2, 0.25) is 0 Å². The Bertz CT molecular complexity index is 831. The Morgan fingerprint density at radius 2 is 1.88 bits per heavy atom. The van der Waals surface area contributed by atoms with Gasteiger partial charge in [-0.1, -0.05) is 18.2 Å². The molecular weight excluding hydrogens is 537 g/mol. The lowest BCUT2D eigenvalue weighted by Crippen LogP contribution is -2.40. The van der Waals surface area contributed by atoms with Gasteiger partial charge in [0.15, 0.2) is 5.96 Å². The Morgan fingerprint density at radius 1 is 1.19 bits per heavy atom. The normalized spacial score (nSPS) is 16.9. The molecule has 1 fully saturated rings. The Hall–Kier alpha value is -1.65. The fourth-order valence-electron chi connectivity index (χ4n) is 3.62. The van der Waals surface area contributed by atoms with Crippen molar-refractivity contribution in [3.8, 4) is 11.5 Å². The van der Waals surface area contributed by atoms with Crippen molar-refractivity contribution in [1.29, 1.82) is 0 Å². The fourth-order valence-corrected chi connectivity index (χ4v) is 4.67. The van der Waals surface area contributed by atoms with Crippen LogP contribution >= 0.6 is 35.7 Å². The maximum atomic E-state index is 10.7. The highest BCUT2D eigenvalue weighted by Gasteiger charge is 2.25. The minimum atomic E-state index is -0.732. The number of halogens is 1. The van der Waals surface area contributed by atoms with E-state index >= 15 is 0 Å². The second kappa shape index (κ2) is 13.8. The molecule has 176 valence electrons. The summed E-state index contributed by atoms with van der Waals surface area (Å²) in [5.41, 5.74) is 0.731. The summed E-state index contributed by atoms with van der Waals surface area (Å²) >= 11 is 1.92. The molecule has 1 aliphatic rings. The number of thioether (sulfide) groups is 1. The third kappa shape index (κ3) is 7.74. The lowest BCUT2D eigenvalue weighted by atomic mass is 10.1. The first-order valence-electron chi connectivity index (χ1n) is 10.7. The van der Waals surface area contributed by atoms with Gasteiger partial charge in [-0.25, -0.2) is 0 Å². The fraction of sp³-hybridized carbons (Fsp3) is 0.458. The van der Waals surface area contributed by atoms with Gasteiger partial charge in [-0.3, -0.25) is 4.99 Å². The lowest BCUT2D eigenvalue weighted by Gasteiger charge is -2.22. The second-order valence-electron chi connectivity index (χ2n) is 7.58. The highest BCUT2D eigenvalue weighted by molar-refractivity contribution is 14.0. The van der Waals surface area contributed by atoms with Gasteiger partial charge in [-0.2, -0.15) is 0 Å². The van der Waals surface area contributed by atoms with Crippen molar-refractivity contribution in [2.24, 2.45) is 10.9 Å². The van der Waals surface area contributed by atoms with Crippen LogP contribution in [0, 0.1) is 5.92 Å². The van der Waals surface area contributed by atoms with Gasteiger partial charge in [0, 0.05) is 36.3 Å². The average molecular weight is 572 g/mol. The summed E-state index contributed by atoms with van der Waals surface area (Å²) in [6.45, 7) is 5.10. The molecule has 2 aromatic carbocycles. The van der Waals surface area contributed by atoms with Gasteiger partial charge in [0.25, 0.3) is 0 Å². The van der Waals surface area contributed by atoms with E-state index in [1.54, 1.807) is 20.3 Å². The van der Waals surface area contributed by atoms with E-state index in [1.807, 2.05) is 23.9 Å². The summed E-state index contributed by atoms with van der Waals surface area (Å²) in [6.07, 6.45) is 0.421. The van der Waals surface area contributed by atoms with Gasteiger partial charge in [0.05, 0.1) is 26.9 Å². The van der Waals surface area contributed by atoms with Gasteiger partial charge in [-0.15, -0.1) is 35.7 Å². The van der Waals surface area contributed by atoms with E-state index in [0.717, 1.165) is 43.3 Å². The van der Waals surface area contributed by atoms with Crippen molar-refractivity contribution < 1.29 is 14.6 Å². The van der Waals surface area contributed by atoms with E-state index in [1.165, 1.54) is 4.90 Å². The van der Waals surface area contributed by atoms with Crippen LogP contribution < -0.4 is 14.8 Å². The quantitative estimate of drug-likeness (QED) is 0.201. The molecule has 0 amide bonds. The highest BCUT2D eigenvalue weighted by Crippen LogP contribution is 2.28. The van der Waals surface area contributed by atoms with E-state index in [2.05, 4.69) is 47.5 Å². The van der Waals surface area contributed by atoms with Gasteiger partial charge in [0.2, 0.25) is 0 Å². The molecule has 0 saturated carbocycles. The van der Waals surface area contributed by atoms with Crippen LogP contribution in [-0.2, 0) is 0 Å². The number of ether oxygens (including phenoxy) is 2. The van der Waals surface area contributed by atoms with Crippen molar-refractivity contribution >= 4 is 41.7 Å². The molecule has 2 aromatic rings. The van der Waals surface area contributed by atoms with E-state index < -0.39 is 6.10 Å². The molecular formula is C24H34IN3O3S. The van der Waals surface area contributed by atoms with Gasteiger partial charge >= 0.3 is 0 Å². The summed E-state index contributed by atoms with van der Waals surface area (Å²) in [7, 11) is 3.21. The monoisotopic (exact) mass is 571 g/mol. The maximum Gasteiger partial charge on any atom is 0.194 e. The molecule has 6 nitrogen and oxygen atoms in total. The van der Waals surface area contributed by atoms with Crippen LogP contribution in [-0.4, -0.2) is 62.1 Å². The van der Waals surface area contributed by atoms with Crippen molar-refractivity contribution in [3.63, 3.8) is 0 Å². The zero-order chi connectivity index (χ0) is 22.1. The number of aliphatic hydroxyl groups excluding tert-OH is 1. The minimum Gasteiger partial charge on any atom is -0.497 e. The smallest absolute Gasteiger partial charge is 0.194 e. The number of nitrogens with zero attached hydrogens (tertiary/aromatic N) is 2. The predicted octanol–water partition coefficient (Wildman–Crippen LogP) is 4.43. The first-order chi connectivity index (χ1) is 15.1. The van der Waals surface area contributed by atoms with E-state index in [-0.39, 0.29) is 30.5 Å². The summed E-state index contributed by atoms with van der Waals surface area (Å²) < 4.78 is 10.6. The van der Waals surface area contributed by atoms with Crippen molar-refractivity contribution in [3.05, 3.63) is 54.1 Å². The number of nitrogens with one attached hydrogen (secondary N) is 1. The number of aliphatic hydroxyl groups is 1. The Balaban J connectivity index is 0.00000363. The van der Waals surface area contributed by atoms with Crippen LogP contribution in [0.4, 0.5) is 0 Å². The number of benzene rings is 2. The molecule has 2 atom stereocenters. The molecule has 0 spiro atoms. The van der Waals surface area contributed by atoms with Crippen LogP contribution in [0.5, 0.6) is 11.5 Å². The molecule has 32 heavy (non-hydrogen) atoms. The lowest BCUT2D eigenvalue weighted by molar-refractivity contribution is 0.185. The molecule has 8 heteroatoms. The highest BCUT2D eigenvalue weighted by atomic mass is 127. The third-order valence-electron chi connectivity index (χ3n) is 5.32. The molecule has 0 aromatic heterocycles. The molecule has 0 radical (unpaired) electrons. The summed E-state index contributed by atoms with van der Waals surface area (Å²) in [6, 6.07) is 16.0. The molecule has 1 aliphatic heterocycles. The Morgan fingerprint density at radius 3 is 2.50 bits per heavy atom. The Kier molecular flexibility index (Phi) is 11.5. The standard InChI is InChI=1S/C24H33N3O3S.HI/c1-4-25-24(26-15-23(28)19-12-20(29-2)14-21(13-19)30-3)27-11-10-18(16-27)17-31-22-8-6-5-7-9-22;/h5-9,12-14,18,23,28H,4,10-11,15-17H2,1-3H3,(H,25,26);1H. The predicted molar refractivity (Wildman–Crippen MR) is 143 cm³/mol. The largest absolute Gasteiger partial charge is 0.497 e. The summed E-state index contributed by atoms with van der Waals surface area (Å²) in [4.78, 5) is 8.35. The number of hydrogen-bond donors (Lipinski definition) is 2. The van der Waals surface area contributed by atoms with Gasteiger partial charge in [0.1, 0.15) is 11.5 Å². The molecule has 0 bridgehead atoms. The molecule has 2 unspecified atom stereocenters. The van der Waals surface area contributed by atoms with Crippen molar-refractivity contribution in [2.75, 3.05) is 46.2 Å². The number of aliphatic imine (C=N–C) groups is 1. The molecule has 1 heterocycles. The molecule has 3 rings (SSSR count). The minimum absolute atomic E-state index is 0. The van der Waals surface area contributed by atoms with Crippen LogP contribution in [0.15, 0.2) is 58.4 Å².